The van der Waals surface area contributed by atoms with Gasteiger partial charge >= 0.3 is 0 Å². The first-order valence-electron chi connectivity index (χ1n) is 6.93. The number of likely N-dealkylation sites (tertiary alicyclic amines) is 1. The summed E-state index contributed by atoms with van der Waals surface area (Å²) < 4.78 is 0. The number of nitrogens with zero attached hydrogens (tertiary/aromatic N) is 1. The van der Waals surface area contributed by atoms with Crippen LogP contribution in [0.3, 0.4) is 0 Å². The summed E-state index contributed by atoms with van der Waals surface area (Å²) in [5.74, 6) is 0. The number of aliphatic hydroxyl groups excluding tert-OH is 1. The highest BCUT2D eigenvalue weighted by Gasteiger charge is 2.16. The Morgan fingerprint density at radius 3 is 2.94 bits per heavy atom. The zero-order chi connectivity index (χ0) is 12.8. The summed E-state index contributed by atoms with van der Waals surface area (Å²) in [6.07, 6.45) is 3.02. The lowest BCUT2D eigenvalue weighted by molar-refractivity contribution is 0.0820. The van der Waals surface area contributed by atoms with Crippen LogP contribution in [0, 0.1) is 0 Å². The van der Waals surface area contributed by atoms with Crippen LogP contribution >= 0.6 is 11.3 Å². The standard InChI is InChI=1S/C14H24N2OS/c1-12(14-4-2-11-18-14)15-7-3-8-16-9-5-13(17)6-10-16/h2,4,11-13,15,17H,3,5-10H2,1H3. The molecule has 1 fully saturated rings. The van der Waals surface area contributed by atoms with E-state index in [1.54, 1.807) is 0 Å². The van der Waals surface area contributed by atoms with Crippen molar-refractivity contribution in [3.8, 4) is 0 Å². The Bertz CT molecular complexity index is 321. The summed E-state index contributed by atoms with van der Waals surface area (Å²) in [7, 11) is 0. The molecule has 0 aromatic carbocycles. The molecule has 1 aromatic heterocycles. The third-order valence-corrected chi connectivity index (χ3v) is 4.68. The maximum absolute atomic E-state index is 9.44. The molecule has 3 nitrogen and oxygen atoms in total. The molecule has 0 spiro atoms. The zero-order valence-corrected chi connectivity index (χ0v) is 12.0. The van der Waals surface area contributed by atoms with Crippen molar-refractivity contribution in [3.05, 3.63) is 22.4 Å². The summed E-state index contributed by atoms with van der Waals surface area (Å²) in [4.78, 5) is 3.88. The fourth-order valence-electron chi connectivity index (χ4n) is 2.40. The highest BCUT2D eigenvalue weighted by atomic mass is 32.1. The molecule has 1 aliphatic heterocycles. The first-order chi connectivity index (χ1) is 8.75. The van der Waals surface area contributed by atoms with Gasteiger partial charge in [0.1, 0.15) is 0 Å². The summed E-state index contributed by atoms with van der Waals surface area (Å²) in [5, 5.41) is 15.1. The van der Waals surface area contributed by atoms with Crippen LogP contribution in [0.15, 0.2) is 17.5 Å². The lowest BCUT2D eigenvalue weighted by atomic mass is 10.1. The Kier molecular flexibility index (Phi) is 5.63. The first kappa shape index (κ1) is 14.0. The van der Waals surface area contributed by atoms with Crippen LogP contribution in [0.2, 0.25) is 0 Å². The lowest BCUT2D eigenvalue weighted by Crippen LogP contribution is -2.37. The fraction of sp³-hybridized carbons (Fsp3) is 0.714. The van der Waals surface area contributed by atoms with Gasteiger partial charge in [-0.25, -0.2) is 0 Å². The number of nitrogens with one attached hydrogen (secondary N) is 1. The Labute approximate surface area is 114 Å². The second-order valence-corrected chi connectivity index (χ2v) is 6.10. The molecule has 2 heterocycles. The monoisotopic (exact) mass is 268 g/mol. The fourth-order valence-corrected chi connectivity index (χ4v) is 3.16. The molecule has 0 saturated carbocycles. The number of hydrogen-bond acceptors (Lipinski definition) is 4. The van der Waals surface area contributed by atoms with Crippen molar-refractivity contribution in [2.24, 2.45) is 0 Å². The van der Waals surface area contributed by atoms with Gasteiger partial charge in [0.2, 0.25) is 0 Å². The van der Waals surface area contributed by atoms with Crippen LogP contribution in [0.4, 0.5) is 0 Å². The van der Waals surface area contributed by atoms with E-state index < -0.39 is 0 Å². The van der Waals surface area contributed by atoms with E-state index in [4.69, 9.17) is 0 Å². The quantitative estimate of drug-likeness (QED) is 0.777. The van der Waals surface area contributed by atoms with Gasteiger partial charge in [-0.1, -0.05) is 6.07 Å². The van der Waals surface area contributed by atoms with E-state index in [1.165, 1.54) is 11.3 Å². The average molecular weight is 268 g/mol. The molecule has 1 atom stereocenters. The highest BCUT2D eigenvalue weighted by molar-refractivity contribution is 7.10. The maximum atomic E-state index is 9.44. The van der Waals surface area contributed by atoms with Gasteiger partial charge in [0, 0.05) is 24.0 Å². The predicted molar refractivity (Wildman–Crippen MR) is 77.0 cm³/mol. The Morgan fingerprint density at radius 1 is 1.50 bits per heavy atom. The highest BCUT2D eigenvalue weighted by Crippen LogP contribution is 2.17. The molecule has 1 aromatic rings. The molecule has 0 bridgehead atoms. The molecule has 0 aliphatic carbocycles. The molecule has 0 amide bonds. The van der Waals surface area contributed by atoms with E-state index in [0.29, 0.717) is 6.04 Å². The summed E-state index contributed by atoms with van der Waals surface area (Å²) in [5.41, 5.74) is 0. The number of aliphatic hydroxyl groups is 1. The minimum absolute atomic E-state index is 0.0572. The first-order valence-corrected chi connectivity index (χ1v) is 7.81. The summed E-state index contributed by atoms with van der Waals surface area (Å²) in [6, 6.07) is 4.76. The Hall–Kier alpha value is -0.420. The summed E-state index contributed by atoms with van der Waals surface area (Å²) >= 11 is 1.82. The van der Waals surface area contributed by atoms with Gasteiger partial charge in [-0.05, 0) is 50.7 Å². The minimum atomic E-state index is -0.0572. The predicted octanol–water partition coefficient (Wildman–Crippen LogP) is 2.25. The smallest absolute Gasteiger partial charge is 0.0564 e. The molecule has 1 aliphatic rings. The Morgan fingerprint density at radius 2 is 2.28 bits per heavy atom. The minimum Gasteiger partial charge on any atom is -0.393 e. The molecule has 2 N–H and O–H groups in total. The van der Waals surface area contributed by atoms with Crippen molar-refractivity contribution in [2.75, 3.05) is 26.2 Å². The van der Waals surface area contributed by atoms with Crippen molar-refractivity contribution < 1.29 is 5.11 Å². The number of rotatable bonds is 6. The third-order valence-electron chi connectivity index (χ3n) is 3.63. The van der Waals surface area contributed by atoms with Crippen molar-refractivity contribution in [1.29, 1.82) is 0 Å². The molecule has 1 unspecified atom stereocenters. The molecule has 0 radical (unpaired) electrons. The van der Waals surface area contributed by atoms with Crippen LogP contribution in [0.5, 0.6) is 0 Å². The van der Waals surface area contributed by atoms with Crippen LogP contribution in [-0.2, 0) is 0 Å². The normalized spacial score (nSPS) is 20.1. The van der Waals surface area contributed by atoms with E-state index in [9.17, 15) is 5.11 Å². The lowest BCUT2D eigenvalue weighted by Gasteiger charge is -2.29. The molecule has 1 saturated heterocycles. The Balaban J connectivity index is 1.56. The van der Waals surface area contributed by atoms with E-state index in [2.05, 4.69) is 34.7 Å². The molecule has 18 heavy (non-hydrogen) atoms. The SMILES string of the molecule is CC(NCCCN1CCC(O)CC1)c1cccs1. The van der Waals surface area contributed by atoms with E-state index in [-0.39, 0.29) is 6.10 Å². The molecule has 2 rings (SSSR count). The number of hydrogen-bond donors (Lipinski definition) is 2. The maximum Gasteiger partial charge on any atom is 0.0564 e. The van der Waals surface area contributed by atoms with Gasteiger partial charge < -0.3 is 15.3 Å². The van der Waals surface area contributed by atoms with Gasteiger partial charge in [0.15, 0.2) is 0 Å². The van der Waals surface area contributed by atoms with Gasteiger partial charge in [0.05, 0.1) is 6.10 Å². The number of piperidine rings is 1. The van der Waals surface area contributed by atoms with Gasteiger partial charge in [-0.15, -0.1) is 11.3 Å². The summed E-state index contributed by atoms with van der Waals surface area (Å²) in [6.45, 7) is 6.56. The van der Waals surface area contributed by atoms with E-state index >= 15 is 0 Å². The van der Waals surface area contributed by atoms with Gasteiger partial charge in [-0.3, -0.25) is 0 Å². The largest absolute Gasteiger partial charge is 0.393 e. The van der Waals surface area contributed by atoms with Gasteiger partial charge in [0.25, 0.3) is 0 Å². The van der Waals surface area contributed by atoms with E-state index in [0.717, 1.165) is 39.0 Å². The van der Waals surface area contributed by atoms with Crippen LogP contribution in [0.25, 0.3) is 0 Å². The van der Waals surface area contributed by atoms with Crippen LogP contribution in [-0.4, -0.2) is 42.3 Å². The topological polar surface area (TPSA) is 35.5 Å². The second kappa shape index (κ2) is 7.24. The van der Waals surface area contributed by atoms with Crippen LogP contribution in [0.1, 0.15) is 37.1 Å². The second-order valence-electron chi connectivity index (χ2n) is 5.12. The van der Waals surface area contributed by atoms with Crippen LogP contribution < -0.4 is 5.32 Å². The molecule has 4 heteroatoms. The molecular formula is C14H24N2OS. The van der Waals surface area contributed by atoms with Crippen molar-refractivity contribution in [2.45, 2.75) is 38.3 Å². The van der Waals surface area contributed by atoms with Crippen molar-refractivity contribution >= 4 is 11.3 Å². The molecule has 102 valence electrons. The molecular weight excluding hydrogens is 244 g/mol. The average Bonchev–Trinajstić information content (AvgIpc) is 2.90. The van der Waals surface area contributed by atoms with Crippen molar-refractivity contribution in [3.63, 3.8) is 0 Å². The number of thiophene rings is 1. The third kappa shape index (κ3) is 4.35. The van der Waals surface area contributed by atoms with Crippen molar-refractivity contribution in [1.82, 2.24) is 10.2 Å². The van der Waals surface area contributed by atoms with E-state index in [1.807, 2.05) is 11.3 Å². The van der Waals surface area contributed by atoms with Gasteiger partial charge in [-0.2, -0.15) is 0 Å². The zero-order valence-electron chi connectivity index (χ0n) is 11.1.